The van der Waals surface area contributed by atoms with Crippen LogP contribution in [-0.4, -0.2) is 60.1 Å². The molecule has 0 N–H and O–H groups in total. The summed E-state index contributed by atoms with van der Waals surface area (Å²) in [6.07, 6.45) is 5.21. The van der Waals surface area contributed by atoms with Crippen molar-refractivity contribution < 1.29 is 18.3 Å². The topological polar surface area (TPSA) is 58.8 Å². The first-order chi connectivity index (χ1) is 13.7. The van der Waals surface area contributed by atoms with E-state index in [2.05, 4.69) is 9.88 Å². The summed E-state index contributed by atoms with van der Waals surface area (Å²) in [7, 11) is 0. The number of benzene rings is 1. The summed E-state index contributed by atoms with van der Waals surface area (Å²) in [5.74, 6) is 1.21. The number of carbonyl (C=O) groups is 1. The quantitative estimate of drug-likeness (QED) is 0.790. The minimum atomic E-state index is -0.251. The summed E-state index contributed by atoms with van der Waals surface area (Å²) >= 11 is 0. The molecule has 0 spiro atoms. The number of carbonyl (C=O) groups excluding carboxylic acids is 1. The highest BCUT2D eigenvalue weighted by molar-refractivity contribution is 5.78. The molecule has 150 valence electrons. The summed E-state index contributed by atoms with van der Waals surface area (Å²) in [6.45, 7) is 4.12. The number of oxazole rings is 1. The van der Waals surface area contributed by atoms with Gasteiger partial charge in [0.25, 0.3) is 0 Å². The van der Waals surface area contributed by atoms with E-state index in [-0.39, 0.29) is 17.8 Å². The molecule has 0 radical (unpaired) electrons. The van der Waals surface area contributed by atoms with Crippen LogP contribution >= 0.6 is 0 Å². The van der Waals surface area contributed by atoms with E-state index in [9.17, 15) is 9.18 Å². The number of morpholine rings is 1. The zero-order chi connectivity index (χ0) is 19.3. The number of rotatable bonds is 5. The Labute approximate surface area is 164 Å². The molecule has 28 heavy (non-hydrogen) atoms. The molecule has 7 heteroatoms. The third-order valence-electron chi connectivity index (χ3n) is 5.43. The lowest BCUT2D eigenvalue weighted by atomic mass is 10.0. The lowest BCUT2D eigenvalue weighted by Gasteiger charge is -2.36. The van der Waals surface area contributed by atoms with Gasteiger partial charge in [0.2, 0.25) is 11.8 Å². The summed E-state index contributed by atoms with van der Waals surface area (Å²) in [4.78, 5) is 21.5. The van der Waals surface area contributed by atoms with E-state index in [0.29, 0.717) is 32.1 Å². The number of halogens is 1. The molecular formula is C21H26FN3O3. The van der Waals surface area contributed by atoms with Gasteiger partial charge in [0.15, 0.2) is 0 Å². The normalized spacial score (nSPS) is 21.0. The average Bonchev–Trinajstić information content (AvgIpc) is 3.19. The molecule has 1 aromatic carbocycles. The SMILES string of the molecule is O=C(CN1CCOCC1)N1CCCC[C@@H]1c1ncc(Cc2ccc(F)cc2)o1. The number of nitrogens with zero attached hydrogens (tertiary/aromatic N) is 3. The van der Waals surface area contributed by atoms with Crippen LogP contribution in [0.3, 0.4) is 0 Å². The van der Waals surface area contributed by atoms with Gasteiger partial charge in [-0.25, -0.2) is 9.37 Å². The Morgan fingerprint density at radius 2 is 1.93 bits per heavy atom. The van der Waals surface area contributed by atoms with Crippen molar-refractivity contribution in [1.29, 1.82) is 0 Å². The van der Waals surface area contributed by atoms with Crippen molar-refractivity contribution in [3.63, 3.8) is 0 Å². The Morgan fingerprint density at radius 3 is 2.71 bits per heavy atom. The molecule has 0 saturated carbocycles. The fourth-order valence-electron chi connectivity index (χ4n) is 3.89. The first kappa shape index (κ1) is 19.1. The Morgan fingerprint density at radius 1 is 1.14 bits per heavy atom. The third kappa shape index (κ3) is 4.59. The largest absolute Gasteiger partial charge is 0.443 e. The second-order valence-corrected chi connectivity index (χ2v) is 7.46. The Hall–Kier alpha value is -2.25. The van der Waals surface area contributed by atoms with Gasteiger partial charge in [-0.3, -0.25) is 9.69 Å². The predicted molar refractivity (Wildman–Crippen MR) is 101 cm³/mol. The van der Waals surface area contributed by atoms with Gasteiger partial charge in [-0.05, 0) is 37.0 Å². The summed E-state index contributed by atoms with van der Waals surface area (Å²) in [6, 6.07) is 6.27. The molecule has 2 saturated heterocycles. The predicted octanol–water partition coefficient (Wildman–Crippen LogP) is 2.79. The molecule has 0 bridgehead atoms. The lowest BCUT2D eigenvalue weighted by Crippen LogP contribution is -2.47. The van der Waals surface area contributed by atoms with Crippen molar-refractivity contribution in [3.8, 4) is 0 Å². The molecule has 2 aromatic rings. The number of likely N-dealkylation sites (tertiary alicyclic amines) is 1. The molecule has 2 aliphatic rings. The number of aromatic nitrogens is 1. The number of piperidine rings is 1. The number of amides is 1. The Balaban J connectivity index is 1.43. The van der Waals surface area contributed by atoms with Crippen LogP contribution in [0.2, 0.25) is 0 Å². The molecule has 6 nitrogen and oxygen atoms in total. The average molecular weight is 387 g/mol. The zero-order valence-corrected chi connectivity index (χ0v) is 16.0. The van der Waals surface area contributed by atoms with Crippen LogP contribution in [0.15, 0.2) is 34.9 Å². The summed E-state index contributed by atoms with van der Waals surface area (Å²) in [5.41, 5.74) is 0.966. The van der Waals surface area contributed by atoms with E-state index >= 15 is 0 Å². The van der Waals surface area contributed by atoms with E-state index in [4.69, 9.17) is 9.15 Å². The van der Waals surface area contributed by atoms with Gasteiger partial charge in [-0.15, -0.1) is 0 Å². The number of hydrogen-bond acceptors (Lipinski definition) is 5. The van der Waals surface area contributed by atoms with E-state index < -0.39 is 0 Å². The first-order valence-corrected chi connectivity index (χ1v) is 9.97. The molecule has 0 aliphatic carbocycles. The fraction of sp³-hybridized carbons (Fsp3) is 0.524. The van der Waals surface area contributed by atoms with E-state index in [1.54, 1.807) is 18.3 Å². The van der Waals surface area contributed by atoms with Crippen molar-refractivity contribution in [2.24, 2.45) is 0 Å². The molecular weight excluding hydrogens is 361 g/mol. The Bertz CT molecular complexity index is 786. The maximum Gasteiger partial charge on any atom is 0.237 e. The number of hydrogen-bond donors (Lipinski definition) is 0. The first-order valence-electron chi connectivity index (χ1n) is 9.97. The third-order valence-corrected chi connectivity index (χ3v) is 5.43. The van der Waals surface area contributed by atoms with Gasteiger partial charge in [0.05, 0.1) is 26.0 Å². The van der Waals surface area contributed by atoms with Gasteiger partial charge in [-0.2, -0.15) is 0 Å². The lowest BCUT2D eigenvalue weighted by molar-refractivity contribution is -0.137. The second kappa shape index (κ2) is 8.84. The fourth-order valence-corrected chi connectivity index (χ4v) is 3.89. The molecule has 0 unspecified atom stereocenters. The monoisotopic (exact) mass is 387 g/mol. The van der Waals surface area contributed by atoms with Gasteiger partial charge < -0.3 is 14.1 Å². The smallest absolute Gasteiger partial charge is 0.237 e. The van der Waals surface area contributed by atoms with Crippen LogP contribution in [0, 0.1) is 5.82 Å². The van der Waals surface area contributed by atoms with Crippen LogP contribution in [0.5, 0.6) is 0 Å². The van der Waals surface area contributed by atoms with Crippen LogP contribution in [0.4, 0.5) is 4.39 Å². The zero-order valence-electron chi connectivity index (χ0n) is 16.0. The van der Waals surface area contributed by atoms with Crippen molar-refractivity contribution in [2.45, 2.75) is 31.7 Å². The van der Waals surface area contributed by atoms with Crippen LogP contribution in [0.25, 0.3) is 0 Å². The van der Waals surface area contributed by atoms with E-state index in [1.807, 2.05) is 4.90 Å². The minimum absolute atomic E-state index is 0.107. The van der Waals surface area contributed by atoms with Crippen molar-refractivity contribution in [1.82, 2.24) is 14.8 Å². The van der Waals surface area contributed by atoms with Crippen molar-refractivity contribution in [2.75, 3.05) is 39.4 Å². The summed E-state index contributed by atoms with van der Waals surface area (Å²) in [5, 5.41) is 0. The summed E-state index contributed by atoms with van der Waals surface area (Å²) < 4.78 is 24.4. The van der Waals surface area contributed by atoms with Crippen molar-refractivity contribution in [3.05, 3.63) is 53.5 Å². The van der Waals surface area contributed by atoms with E-state index in [0.717, 1.165) is 50.2 Å². The van der Waals surface area contributed by atoms with E-state index in [1.165, 1.54) is 12.1 Å². The highest BCUT2D eigenvalue weighted by Crippen LogP contribution is 2.31. The van der Waals surface area contributed by atoms with Gasteiger partial charge in [0, 0.05) is 26.1 Å². The molecule has 4 rings (SSSR count). The Kier molecular flexibility index (Phi) is 6.02. The molecule has 2 fully saturated rings. The molecule has 1 aromatic heterocycles. The van der Waals surface area contributed by atoms with Crippen LogP contribution in [-0.2, 0) is 16.0 Å². The van der Waals surface area contributed by atoms with Crippen LogP contribution in [0.1, 0.15) is 42.5 Å². The van der Waals surface area contributed by atoms with Gasteiger partial charge in [-0.1, -0.05) is 12.1 Å². The molecule has 3 heterocycles. The highest BCUT2D eigenvalue weighted by atomic mass is 19.1. The van der Waals surface area contributed by atoms with Gasteiger partial charge in [0.1, 0.15) is 17.6 Å². The molecule has 2 aliphatic heterocycles. The second-order valence-electron chi connectivity index (χ2n) is 7.46. The van der Waals surface area contributed by atoms with Crippen molar-refractivity contribution >= 4 is 5.91 Å². The number of ether oxygens (including phenoxy) is 1. The van der Waals surface area contributed by atoms with Gasteiger partial charge >= 0.3 is 0 Å². The molecule has 1 amide bonds. The van der Waals surface area contributed by atoms with Crippen LogP contribution < -0.4 is 0 Å². The molecule has 1 atom stereocenters. The minimum Gasteiger partial charge on any atom is -0.443 e. The maximum absolute atomic E-state index is 13.1. The highest BCUT2D eigenvalue weighted by Gasteiger charge is 2.32. The maximum atomic E-state index is 13.1. The standard InChI is InChI=1S/C21H26FN3O3/c22-17-6-4-16(5-7-17)13-18-14-23-21(28-18)19-3-1-2-8-25(19)20(26)15-24-9-11-27-12-10-24/h4-7,14,19H,1-3,8-13,15H2/t19-/m1/s1.